The maximum atomic E-state index is 13.4. The van der Waals surface area contributed by atoms with Crippen LogP contribution >= 0.6 is 47.2 Å². The second-order valence-corrected chi connectivity index (χ2v) is 11.1. The van der Waals surface area contributed by atoms with E-state index in [0.29, 0.717) is 47.5 Å². The molecule has 5 nitrogen and oxygen atoms in total. The molecule has 4 aromatic carbocycles. The number of nitrogens with zero attached hydrogens (tertiary/aromatic N) is 1. The van der Waals surface area contributed by atoms with Crippen molar-refractivity contribution in [2.24, 2.45) is 0 Å². The van der Waals surface area contributed by atoms with E-state index in [1.54, 1.807) is 54.6 Å². The van der Waals surface area contributed by atoms with Gasteiger partial charge in [-0.15, -0.1) is 0 Å². The van der Waals surface area contributed by atoms with E-state index in [4.69, 9.17) is 40.2 Å². The Bertz CT molecular complexity index is 1660. The molecule has 0 bridgehead atoms. The van der Waals surface area contributed by atoms with E-state index >= 15 is 0 Å². The van der Waals surface area contributed by atoms with Gasteiger partial charge in [-0.05, 0) is 66.7 Å². The van der Waals surface area contributed by atoms with Gasteiger partial charge in [0.1, 0.15) is 18.2 Å². The van der Waals surface area contributed by atoms with Crippen LogP contribution in [-0.2, 0) is 11.4 Å². The van der Waals surface area contributed by atoms with Crippen LogP contribution in [0.2, 0.25) is 10.0 Å². The number of thioether (sulfide) groups is 1. The molecule has 40 heavy (non-hydrogen) atoms. The quantitative estimate of drug-likeness (QED) is 0.169. The first kappa shape index (κ1) is 27.9. The highest BCUT2D eigenvalue weighted by molar-refractivity contribution is 8.27. The summed E-state index contributed by atoms with van der Waals surface area (Å²) in [6.07, 6.45) is 1.73. The standard InChI is InChI=1S/C30H19Cl2FN2O3S2/c31-21-9-8-20(25(32)16-21)17-38-26-7-2-1-4-18(26)15-27-29(37)35(30(39)40-27)24-6-3-5-19(14-24)28(36)34-23-12-10-22(33)11-13-23/h1-16H,17H2,(H,34,36)/b27-15+. The fraction of sp³-hybridized carbons (Fsp3) is 0.0333. The largest absolute Gasteiger partial charge is 0.488 e. The van der Waals surface area contributed by atoms with E-state index in [-0.39, 0.29) is 12.5 Å². The van der Waals surface area contributed by atoms with Crippen LogP contribution in [0.3, 0.4) is 0 Å². The van der Waals surface area contributed by atoms with Crippen LogP contribution in [0.1, 0.15) is 21.5 Å². The summed E-state index contributed by atoms with van der Waals surface area (Å²) in [7, 11) is 0. The Balaban J connectivity index is 1.34. The van der Waals surface area contributed by atoms with Crippen LogP contribution in [0.25, 0.3) is 6.08 Å². The Morgan fingerprint density at radius 3 is 2.55 bits per heavy atom. The van der Waals surface area contributed by atoms with Crippen LogP contribution in [0.15, 0.2) is 95.9 Å². The highest BCUT2D eigenvalue weighted by atomic mass is 35.5. The number of carbonyl (C=O) groups excluding carboxylic acids is 2. The molecular weight excluding hydrogens is 590 g/mol. The number of hydrogen-bond acceptors (Lipinski definition) is 5. The number of benzene rings is 4. The number of rotatable bonds is 7. The molecule has 1 aliphatic rings. The van der Waals surface area contributed by atoms with E-state index < -0.39 is 11.7 Å². The molecular formula is C30H19Cl2FN2O3S2. The van der Waals surface area contributed by atoms with Gasteiger partial charge >= 0.3 is 0 Å². The second-order valence-electron chi connectivity index (χ2n) is 8.59. The topological polar surface area (TPSA) is 58.6 Å². The molecule has 1 aliphatic heterocycles. The van der Waals surface area contributed by atoms with Crippen molar-refractivity contribution in [3.63, 3.8) is 0 Å². The van der Waals surface area contributed by atoms with E-state index in [1.807, 2.05) is 18.2 Å². The first-order valence-electron chi connectivity index (χ1n) is 11.9. The zero-order valence-electron chi connectivity index (χ0n) is 20.6. The maximum absolute atomic E-state index is 13.4. The molecule has 1 N–H and O–H groups in total. The monoisotopic (exact) mass is 608 g/mol. The molecule has 1 saturated heterocycles. The summed E-state index contributed by atoms with van der Waals surface area (Å²) in [6, 6.07) is 24.5. The summed E-state index contributed by atoms with van der Waals surface area (Å²) in [5.41, 5.74) is 2.69. The summed E-state index contributed by atoms with van der Waals surface area (Å²) in [5.74, 6) is -0.552. The fourth-order valence-electron chi connectivity index (χ4n) is 3.88. The molecule has 200 valence electrons. The van der Waals surface area contributed by atoms with Gasteiger partial charge in [-0.3, -0.25) is 14.5 Å². The van der Waals surface area contributed by atoms with Crippen LogP contribution < -0.4 is 15.0 Å². The van der Waals surface area contributed by atoms with Gasteiger partial charge in [0.15, 0.2) is 4.32 Å². The van der Waals surface area contributed by atoms with Gasteiger partial charge in [0.05, 0.1) is 10.6 Å². The highest BCUT2D eigenvalue weighted by Gasteiger charge is 2.33. The van der Waals surface area contributed by atoms with Crippen molar-refractivity contribution in [3.05, 3.63) is 128 Å². The van der Waals surface area contributed by atoms with Gasteiger partial charge in [0.25, 0.3) is 11.8 Å². The predicted molar refractivity (Wildman–Crippen MR) is 164 cm³/mol. The molecule has 0 radical (unpaired) electrons. The van der Waals surface area contributed by atoms with Gasteiger partial charge in [-0.25, -0.2) is 4.39 Å². The highest BCUT2D eigenvalue weighted by Crippen LogP contribution is 2.37. The average molecular weight is 610 g/mol. The zero-order valence-corrected chi connectivity index (χ0v) is 23.7. The second kappa shape index (κ2) is 12.2. The molecule has 2 amide bonds. The van der Waals surface area contributed by atoms with E-state index in [0.717, 1.165) is 17.3 Å². The normalized spacial score (nSPS) is 14.1. The predicted octanol–water partition coefficient (Wildman–Crippen LogP) is 8.37. The van der Waals surface area contributed by atoms with E-state index in [2.05, 4.69) is 5.32 Å². The number of para-hydroxylation sites is 1. The number of amides is 2. The Kier molecular flexibility index (Phi) is 8.52. The van der Waals surface area contributed by atoms with Crippen molar-refractivity contribution < 1.29 is 18.7 Å². The van der Waals surface area contributed by atoms with Crippen molar-refractivity contribution in [2.45, 2.75) is 6.61 Å². The van der Waals surface area contributed by atoms with Gasteiger partial charge in [0, 0.05) is 32.4 Å². The summed E-state index contributed by atoms with van der Waals surface area (Å²) in [5, 5.41) is 3.75. The number of ether oxygens (including phenoxy) is 1. The van der Waals surface area contributed by atoms with E-state index in [9.17, 15) is 14.0 Å². The summed E-state index contributed by atoms with van der Waals surface area (Å²) in [6.45, 7) is 0.217. The minimum absolute atomic E-state index is 0.217. The molecule has 0 saturated carbocycles. The number of hydrogen-bond donors (Lipinski definition) is 1. The van der Waals surface area contributed by atoms with Crippen molar-refractivity contribution in [1.82, 2.24) is 0 Å². The van der Waals surface area contributed by atoms with Crippen molar-refractivity contribution >= 4 is 80.8 Å². The number of carbonyl (C=O) groups is 2. The molecule has 0 aromatic heterocycles. The summed E-state index contributed by atoms with van der Waals surface area (Å²) < 4.78 is 19.5. The molecule has 5 rings (SSSR count). The minimum atomic E-state index is -0.402. The Morgan fingerprint density at radius 2 is 1.77 bits per heavy atom. The van der Waals surface area contributed by atoms with Crippen LogP contribution in [0, 0.1) is 5.82 Å². The molecule has 10 heteroatoms. The number of thiocarbonyl (C=S) groups is 1. The molecule has 0 spiro atoms. The van der Waals surface area contributed by atoms with Crippen molar-refractivity contribution in [2.75, 3.05) is 10.2 Å². The van der Waals surface area contributed by atoms with Crippen LogP contribution in [0.5, 0.6) is 5.75 Å². The minimum Gasteiger partial charge on any atom is -0.488 e. The third-order valence-electron chi connectivity index (χ3n) is 5.87. The molecule has 0 atom stereocenters. The molecule has 0 unspecified atom stereocenters. The fourth-order valence-corrected chi connectivity index (χ4v) is 5.63. The number of nitrogens with one attached hydrogen (secondary N) is 1. The van der Waals surface area contributed by atoms with Crippen molar-refractivity contribution in [1.29, 1.82) is 0 Å². The number of halogens is 3. The zero-order chi connectivity index (χ0) is 28.2. The van der Waals surface area contributed by atoms with E-state index in [1.165, 1.54) is 29.2 Å². The lowest BCUT2D eigenvalue weighted by Crippen LogP contribution is -2.27. The van der Waals surface area contributed by atoms with Gasteiger partial charge in [-0.2, -0.15) is 0 Å². The lowest BCUT2D eigenvalue weighted by molar-refractivity contribution is -0.113. The van der Waals surface area contributed by atoms with Gasteiger partial charge < -0.3 is 10.1 Å². The molecule has 0 aliphatic carbocycles. The summed E-state index contributed by atoms with van der Waals surface area (Å²) in [4.78, 5) is 28.0. The first-order valence-corrected chi connectivity index (χ1v) is 13.9. The maximum Gasteiger partial charge on any atom is 0.270 e. The molecule has 1 fully saturated rings. The van der Waals surface area contributed by atoms with Gasteiger partial charge in [0.2, 0.25) is 0 Å². The summed E-state index contributed by atoms with van der Waals surface area (Å²) >= 11 is 18.9. The third-order valence-corrected chi connectivity index (χ3v) is 7.76. The Labute approximate surface area is 249 Å². The SMILES string of the molecule is O=C(Nc1ccc(F)cc1)c1cccc(N2C(=O)/C(=C\c3ccccc3OCc3ccc(Cl)cc3Cl)SC2=S)c1. The lowest BCUT2D eigenvalue weighted by Gasteiger charge is -2.15. The number of anilines is 2. The Hall–Kier alpha value is -3.69. The third kappa shape index (κ3) is 6.37. The first-order chi connectivity index (χ1) is 19.3. The van der Waals surface area contributed by atoms with Gasteiger partial charge in [-0.1, -0.05) is 77.5 Å². The lowest BCUT2D eigenvalue weighted by atomic mass is 10.1. The smallest absolute Gasteiger partial charge is 0.270 e. The van der Waals surface area contributed by atoms with Crippen molar-refractivity contribution in [3.8, 4) is 5.75 Å². The van der Waals surface area contributed by atoms with Crippen LogP contribution in [-0.4, -0.2) is 16.1 Å². The average Bonchev–Trinajstić information content (AvgIpc) is 3.22. The Morgan fingerprint density at radius 1 is 1.00 bits per heavy atom. The molecule has 1 heterocycles. The molecule has 4 aromatic rings. The van der Waals surface area contributed by atoms with Crippen LogP contribution in [0.4, 0.5) is 15.8 Å².